The standard InChI is InChI=1S/C20H21Cl2N3O2/c1-14(19(26)23-18-8-7-16(21)13-17(18)22)24-9-11-25(12-10-24)20(27)15-5-3-2-4-6-15/h2-8,13-14H,9-12H2,1H3,(H,23,26)/t14-/m0/s1. The van der Waals surface area contributed by atoms with Gasteiger partial charge < -0.3 is 10.2 Å². The van der Waals surface area contributed by atoms with E-state index < -0.39 is 0 Å². The highest BCUT2D eigenvalue weighted by Gasteiger charge is 2.28. The zero-order valence-corrected chi connectivity index (χ0v) is 16.5. The Morgan fingerprint density at radius 3 is 2.30 bits per heavy atom. The molecule has 0 saturated carbocycles. The van der Waals surface area contributed by atoms with Crippen LogP contribution in [-0.4, -0.2) is 53.8 Å². The van der Waals surface area contributed by atoms with Crippen LogP contribution in [0, 0.1) is 0 Å². The SMILES string of the molecule is C[C@@H](C(=O)Nc1ccc(Cl)cc1Cl)N1CCN(C(=O)c2ccccc2)CC1. The second-order valence-corrected chi connectivity index (χ2v) is 7.33. The molecule has 1 N–H and O–H groups in total. The Bertz CT molecular complexity index is 821. The highest BCUT2D eigenvalue weighted by molar-refractivity contribution is 6.36. The van der Waals surface area contributed by atoms with Crippen LogP contribution in [0.25, 0.3) is 0 Å². The third kappa shape index (κ3) is 4.80. The maximum Gasteiger partial charge on any atom is 0.253 e. The van der Waals surface area contributed by atoms with Gasteiger partial charge >= 0.3 is 0 Å². The van der Waals surface area contributed by atoms with Crippen LogP contribution in [0.2, 0.25) is 10.0 Å². The number of hydrogen-bond acceptors (Lipinski definition) is 3. The zero-order valence-electron chi connectivity index (χ0n) is 15.0. The summed E-state index contributed by atoms with van der Waals surface area (Å²) in [6.45, 7) is 4.32. The van der Waals surface area contributed by atoms with Gasteiger partial charge in [0.15, 0.2) is 0 Å². The first-order valence-electron chi connectivity index (χ1n) is 8.80. The largest absolute Gasteiger partial charge is 0.336 e. The molecule has 1 aliphatic heterocycles. The van der Waals surface area contributed by atoms with E-state index in [0.717, 1.165) is 0 Å². The van der Waals surface area contributed by atoms with Gasteiger partial charge in [-0.1, -0.05) is 41.4 Å². The molecule has 0 aromatic heterocycles. The molecule has 0 unspecified atom stereocenters. The van der Waals surface area contributed by atoms with Crippen LogP contribution < -0.4 is 5.32 Å². The van der Waals surface area contributed by atoms with Crippen molar-refractivity contribution in [3.63, 3.8) is 0 Å². The average Bonchev–Trinajstić information content (AvgIpc) is 2.69. The normalized spacial score (nSPS) is 16.0. The summed E-state index contributed by atoms with van der Waals surface area (Å²) >= 11 is 12.0. The molecule has 3 rings (SSSR count). The van der Waals surface area contributed by atoms with Crippen LogP contribution >= 0.6 is 23.2 Å². The number of benzene rings is 2. The van der Waals surface area contributed by atoms with Gasteiger partial charge in [0.1, 0.15) is 0 Å². The lowest BCUT2D eigenvalue weighted by molar-refractivity contribution is -0.121. The number of nitrogens with zero attached hydrogens (tertiary/aromatic N) is 2. The second kappa shape index (κ2) is 8.74. The van der Waals surface area contributed by atoms with Crippen molar-refractivity contribution >= 4 is 40.7 Å². The van der Waals surface area contributed by atoms with E-state index >= 15 is 0 Å². The van der Waals surface area contributed by atoms with Gasteiger partial charge in [0, 0.05) is 36.8 Å². The number of nitrogens with one attached hydrogen (secondary N) is 1. The first-order chi connectivity index (χ1) is 13.0. The predicted octanol–water partition coefficient (Wildman–Crippen LogP) is 3.78. The molecule has 1 saturated heterocycles. The maximum absolute atomic E-state index is 12.6. The van der Waals surface area contributed by atoms with Crippen LogP contribution in [0.3, 0.4) is 0 Å². The van der Waals surface area contributed by atoms with Crippen molar-refractivity contribution in [1.82, 2.24) is 9.80 Å². The zero-order chi connectivity index (χ0) is 19.4. The van der Waals surface area contributed by atoms with Crippen LogP contribution in [0.15, 0.2) is 48.5 Å². The van der Waals surface area contributed by atoms with Crippen molar-refractivity contribution in [1.29, 1.82) is 0 Å². The highest BCUT2D eigenvalue weighted by atomic mass is 35.5. The van der Waals surface area contributed by atoms with Crippen molar-refractivity contribution < 1.29 is 9.59 Å². The van der Waals surface area contributed by atoms with Gasteiger partial charge in [-0.25, -0.2) is 0 Å². The summed E-state index contributed by atoms with van der Waals surface area (Å²) in [5.41, 5.74) is 1.23. The third-order valence-electron chi connectivity index (χ3n) is 4.74. The molecule has 0 radical (unpaired) electrons. The molecule has 0 spiro atoms. The van der Waals surface area contributed by atoms with E-state index in [1.54, 1.807) is 18.2 Å². The number of hydrogen-bond donors (Lipinski definition) is 1. The predicted molar refractivity (Wildman–Crippen MR) is 108 cm³/mol. The lowest BCUT2D eigenvalue weighted by Gasteiger charge is -2.37. The van der Waals surface area contributed by atoms with Gasteiger partial charge in [0.2, 0.25) is 5.91 Å². The molecule has 1 atom stereocenters. The van der Waals surface area contributed by atoms with Crippen molar-refractivity contribution in [2.45, 2.75) is 13.0 Å². The molecule has 27 heavy (non-hydrogen) atoms. The Morgan fingerprint density at radius 1 is 1.00 bits per heavy atom. The molecule has 2 aromatic carbocycles. The quantitative estimate of drug-likeness (QED) is 0.841. The Kier molecular flexibility index (Phi) is 6.37. The molecule has 142 valence electrons. The van der Waals surface area contributed by atoms with E-state index in [4.69, 9.17) is 23.2 Å². The Morgan fingerprint density at radius 2 is 1.67 bits per heavy atom. The molecule has 0 bridgehead atoms. The van der Waals surface area contributed by atoms with Gasteiger partial charge in [-0.3, -0.25) is 14.5 Å². The fourth-order valence-electron chi connectivity index (χ4n) is 3.07. The molecular formula is C20H21Cl2N3O2. The monoisotopic (exact) mass is 405 g/mol. The Hall–Kier alpha value is -2.08. The lowest BCUT2D eigenvalue weighted by atomic mass is 10.1. The summed E-state index contributed by atoms with van der Waals surface area (Å²) < 4.78 is 0. The summed E-state index contributed by atoms with van der Waals surface area (Å²) in [4.78, 5) is 29.0. The first kappa shape index (κ1) is 19.7. The summed E-state index contributed by atoms with van der Waals surface area (Å²) in [6.07, 6.45) is 0. The minimum Gasteiger partial charge on any atom is -0.336 e. The van der Waals surface area contributed by atoms with Crippen molar-refractivity contribution in [3.8, 4) is 0 Å². The van der Waals surface area contributed by atoms with E-state index in [0.29, 0.717) is 47.5 Å². The Labute approximate surface area is 168 Å². The minimum atomic E-state index is -0.328. The third-order valence-corrected chi connectivity index (χ3v) is 5.29. The molecule has 1 heterocycles. The molecular weight excluding hydrogens is 385 g/mol. The molecule has 2 amide bonds. The second-order valence-electron chi connectivity index (χ2n) is 6.48. The lowest BCUT2D eigenvalue weighted by Crippen LogP contribution is -2.54. The molecule has 2 aromatic rings. The molecule has 0 aliphatic carbocycles. The highest BCUT2D eigenvalue weighted by Crippen LogP contribution is 2.25. The fraction of sp³-hybridized carbons (Fsp3) is 0.300. The van der Waals surface area contributed by atoms with Crippen LogP contribution in [0.4, 0.5) is 5.69 Å². The minimum absolute atomic E-state index is 0.0281. The number of halogens is 2. The number of carbonyl (C=O) groups excluding carboxylic acids is 2. The van der Waals surface area contributed by atoms with Crippen molar-refractivity contribution in [2.24, 2.45) is 0 Å². The van der Waals surface area contributed by atoms with Crippen LogP contribution in [-0.2, 0) is 4.79 Å². The maximum atomic E-state index is 12.6. The van der Waals surface area contributed by atoms with Gasteiger partial charge in [-0.2, -0.15) is 0 Å². The van der Waals surface area contributed by atoms with Gasteiger partial charge in [0.05, 0.1) is 16.8 Å². The average molecular weight is 406 g/mol. The number of rotatable bonds is 4. The summed E-state index contributed by atoms with van der Waals surface area (Å²) in [5, 5.41) is 3.77. The summed E-state index contributed by atoms with van der Waals surface area (Å²) in [7, 11) is 0. The van der Waals surface area contributed by atoms with Crippen LogP contribution in [0.5, 0.6) is 0 Å². The van der Waals surface area contributed by atoms with Gasteiger partial charge in [0.25, 0.3) is 5.91 Å². The number of anilines is 1. The number of carbonyl (C=O) groups is 2. The van der Waals surface area contributed by atoms with E-state index in [9.17, 15) is 9.59 Å². The van der Waals surface area contributed by atoms with Gasteiger partial charge in [-0.15, -0.1) is 0 Å². The topological polar surface area (TPSA) is 52.7 Å². The smallest absolute Gasteiger partial charge is 0.253 e. The fourth-order valence-corrected chi connectivity index (χ4v) is 3.53. The van der Waals surface area contributed by atoms with Crippen LogP contribution in [0.1, 0.15) is 17.3 Å². The molecule has 5 nitrogen and oxygen atoms in total. The summed E-state index contributed by atoms with van der Waals surface area (Å²) in [6, 6.07) is 13.9. The first-order valence-corrected chi connectivity index (χ1v) is 9.55. The number of piperazine rings is 1. The number of amides is 2. The molecule has 1 fully saturated rings. The summed E-state index contributed by atoms with van der Waals surface area (Å²) in [5.74, 6) is -0.109. The molecule has 1 aliphatic rings. The Balaban J connectivity index is 1.55. The van der Waals surface area contributed by atoms with E-state index in [-0.39, 0.29) is 17.9 Å². The van der Waals surface area contributed by atoms with E-state index in [1.807, 2.05) is 42.2 Å². The molecule has 7 heteroatoms. The van der Waals surface area contributed by atoms with E-state index in [1.165, 1.54) is 0 Å². The van der Waals surface area contributed by atoms with Crippen molar-refractivity contribution in [2.75, 3.05) is 31.5 Å². The van der Waals surface area contributed by atoms with Crippen molar-refractivity contribution in [3.05, 3.63) is 64.1 Å². The van der Waals surface area contributed by atoms with Gasteiger partial charge in [-0.05, 0) is 37.3 Å². The van der Waals surface area contributed by atoms with E-state index in [2.05, 4.69) is 10.2 Å².